The van der Waals surface area contributed by atoms with E-state index in [1.807, 2.05) is 24.3 Å². The van der Waals surface area contributed by atoms with Gasteiger partial charge >= 0.3 is 0 Å². The highest BCUT2D eigenvalue weighted by molar-refractivity contribution is 6.30. The average Bonchev–Trinajstić information content (AvgIpc) is 3.16. The maximum atomic E-state index is 12.8. The molecule has 0 saturated carbocycles. The lowest BCUT2D eigenvalue weighted by Crippen LogP contribution is -2.28. The third-order valence-corrected chi connectivity index (χ3v) is 5.22. The van der Waals surface area contributed by atoms with Crippen molar-refractivity contribution >= 4 is 23.4 Å². The molecule has 1 atom stereocenters. The van der Waals surface area contributed by atoms with Crippen LogP contribution in [0.15, 0.2) is 48.7 Å². The van der Waals surface area contributed by atoms with E-state index in [1.165, 1.54) is 12.3 Å². The molecule has 1 unspecified atom stereocenters. The Morgan fingerprint density at radius 1 is 1.19 bits per heavy atom. The van der Waals surface area contributed by atoms with Gasteiger partial charge < -0.3 is 11.1 Å². The van der Waals surface area contributed by atoms with E-state index in [0.717, 1.165) is 17.1 Å². The standard InChI is InChI=1S/C23H26ClN5O2/c1-14(15-8-9-19(21(25)30)26-12-15)22(31)27-13-18-11-20(23(2,3)4)28-29(18)17-7-5-6-16(24)10-17/h5-12,14H,13H2,1-4H3,(H2,25,30)(H,27,31). The molecule has 3 rings (SSSR count). The molecule has 0 radical (unpaired) electrons. The summed E-state index contributed by atoms with van der Waals surface area (Å²) >= 11 is 6.17. The summed E-state index contributed by atoms with van der Waals surface area (Å²) < 4.78 is 1.81. The number of aromatic nitrogens is 3. The number of pyridine rings is 1. The van der Waals surface area contributed by atoms with E-state index in [9.17, 15) is 9.59 Å². The van der Waals surface area contributed by atoms with Crippen LogP contribution in [0.5, 0.6) is 0 Å². The van der Waals surface area contributed by atoms with Crippen molar-refractivity contribution in [1.29, 1.82) is 0 Å². The highest BCUT2D eigenvalue weighted by atomic mass is 35.5. The molecule has 7 nitrogen and oxygen atoms in total. The highest BCUT2D eigenvalue weighted by Crippen LogP contribution is 2.25. The van der Waals surface area contributed by atoms with Gasteiger partial charge in [-0.1, -0.05) is 44.5 Å². The quantitative estimate of drug-likeness (QED) is 0.610. The Kier molecular flexibility index (Phi) is 6.45. The molecular formula is C23H26ClN5O2. The normalized spacial score (nSPS) is 12.4. The summed E-state index contributed by atoms with van der Waals surface area (Å²) in [5, 5.41) is 8.34. The van der Waals surface area contributed by atoms with E-state index < -0.39 is 11.8 Å². The molecule has 0 aliphatic carbocycles. The smallest absolute Gasteiger partial charge is 0.267 e. The second-order valence-electron chi connectivity index (χ2n) is 8.44. The van der Waals surface area contributed by atoms with Crippen LogP contribution < -0.4 is 11.1 Å². The van der Waals surface area contributed by atoms with E-state index in [0.29, 0.717) is 17.1 Å². The van der Waals surface area contributed by atoms with E-state index in [-0.39, 0.29) is 17.0 Å². The summed E-state index contributed by atoms with van der Waals surface area (Å²) in [6, 6.07) is 12.6. The number of nitrogens with zero attached hydrogens (tertiary/aromatic N) is 3. The number of hydrogen-bond acceptors (Lipinski definition) is 4. The molecule has 2 amide bonds. The molecule has 2 heterocycles. The molecule has 3 N–H and O–H groups in total. The summed E-state index contributed by atoms with van der Waals surface area (Å²) in [6.45, 7) is 8.34. The molecule has 0 spiro atoms. The lowest BCUT2D eigenvalue weighted by molar-refractivity contribution is -0.122. The zero-order valence-corrected chi connectivity index (χ0v) is 18.8. The number of primary amides is 1. The molecule has 0 aliphatic heterocycles. The first-order chi connectivity index (χ1) is 14.6. The summed E-state index contributed by atoms with van der Waals surface area (Å²) in [7, 11) is 0. The molecule has 0 saturated heterocycles. The Bertz CT molecular complexity index is 1100. The summed E-state index contributed by atoms with van der Waals surface area (Å²) in [4.78, 5) is 28.0. The lowest BCUT2D eigenvalue weighted by atomic mass is 9.92. The van der Waals surface area contributed by atoms with E-state index in [4.69, 9.17) is 22.4 Å². The SMILES string of the molecule is CC(C(=O)NCc1cc(C(C)(C)C)nn1-c1cccc(Cl)c1)c1ccc(C(N)=O)nc1. The first kappa shape index (κ1) is 22.5. The molecule has 0 bridgehead atoms. The third-order valence-electron chi connectivity index (χ3n) is 4.98. The lowest BCUT2D eigenvalue weighted by Gasteiger charge is -2.14. The largest absolute Gasteiger partial charge is 0.364 e. The summed E-state index contributed by atoms with van der Waals surface area (Å²) in [6.07, 6.45) is 1.50. The van der Waals surface area contributed by atoms with Crippen molar-refractivity contribution in [2.75, 3.05) is 0 Å². The minimum Gasteiger partial charge on any atom is -0.364 e. The molecule has 1 aromatic carbocycles. The Balaban J connectivity index is 1.80. The van der Waals surface area contributed by atoms with Crippen LogP contribution >= 0.6 is 11.6 Å². The van der Waals surface area contributed by atoms with Gasteiger partial charge in [0.25, 0.3) is 5.91 Å². The van der Waals surface area contributed by atoms with Crippen LogP contribution in [-0.4, -0.2) is 26.6 Å². The zero-order valence-electron chi connectivity index (χ0n) is 18.0. The van der Waals surface area contributed by atoms with Gasteiger partial charge in [0.15, 0.2) is 0 Å². The van der Waals surface area contributed by atoms with Crippen LogP contribution in [0, 0.1) is 0 Å². The molecule has 0 aliphatic rings. The third kappa shape index (κ3) is 5.30. The predicted molar refractivity (Wildman–Crippen MR) is 120 cm³/mol. The van der Waals surface area contributed by atoms with Crippen molar-refractivity contribution in [1.82, 2.24) is 20.1 Å². The Morgan fingerprint density at radius 2 is 1.94 bits per heavy atom. The topological polar surface area (TPSA) is 103 Å². The van der Waals surface area contributed by atoms with Gasteiger partial charge in [0.05, 0.1) is 29.5 Å². The average molecular weight is 440 g/mol. The molecular weight excluding hydrogens is 414 g/mol. The highest BCUT2D eigenvalue weighted by Gasteiger charge is 2.22. The van der Waals surface area contributed by atoms with Crippen LogP contribution in [0.3, 0.4) is 0 Å². The van der Waals surface area contributed by atoms with Gasteiger partial charge in [-0.15, -0.1) is 0 Å². The van der Waals surface area contributed by atoms with Gasteiger partial charge in [-0.25, -0.2) is 4.68 Å². The Hall–Kier alpha value is -3.19. The van der Waals surface area contributed by atoms with Gasteiger partial charge in [0.1, 0.15) is 5.69 Å². The van der Waals surface area contributed by atoms with Crippen LogP contribution in [0.2, 0.25) is 5.02 Å². The maximum Gasteiger partial charge on any atom is 0.267 e. The van der Waals surface area contributed by atoms with Gasteiger partial charge in [-0.2, -0.15) is 5.10 Å². The summed E-state index contributed by atoms with van der Waals surface area (Å²) in [5.74, 6) is -1.21. The zero-order chi connectivity index (χ0) is 22.8. The molecule has 2 aromatic heterocycles. The van der Waals surface area contributed by atoms with E-state index in [1.54, 1.807) is 23.7 Å². The van der Waals surface area contributed by atoms with Crippen molar-refractivity contribution in [2.45, 2.75) is 45.6 Å². The molecule has 162 valence electrons. The summed E-state index contributed by atoms with van der Waals surface area (Å²) in [5.41, 5.74) is 8.51. The predicted octanol–water partition coefficient (Wildman–Crippen LogP) is 3.74. The van der Waals surface area contributed by atoms with Crippen molar-refractivity contribution in [3.8, 4) is 5.69 Å². The van der Waals surface area contributed by atoms with Gasteiger partial charge in [-0.05, 0) is 42.8 Å². The van der Waals surface area contributed by atoms with Crippen molar-refractivity contribution in [2.24, 2.45) is 5.73 Å². The fourth-order valence-corrected chi connectivity index (χ4v) is 3.22. The minimum absolute atomic E-state index is 0.149. The van der Waals surface area contributed by atoms with E-state index >= 15 is 0 Å². The number of hydrogen-bond donors (Lipinski definition) is 2. The Labute approximate surface area is 186 Å². The Morgan fingerprint density at radius 3 is 2.52 bits per heavy atom. The number of carbonyl (C=O) groups excluding carboxylic acids is 2. The molecule has 3 aromatic rings. The fourth-order valence-electron chi connectivity index (χ4n) is 3.03. The fraction of sp³-hybridized carbons (Fsp3) is 0.304. The second-order valence-corrected chi connectivity index (χ2v) is 8.88. The molecule has 8 heteroatoms. The first-order valence-electron chi connectivity index (χ1n) is 9.95. The number of nitrogens with two attached hydrogens (primary N) is 1. The van der Waals surface area contributed by atoms with Gasteiger partial charge in [0.2, 0.25) is 5.91 Å². The van der Waals surface area contributed by atoms with Crippen molar-refractivity contribution in [3.05, 3.63) is 76.3 Å². The van der Waals surface area contributed by atoms with Crippen LogP contribution in [0.25, 0.3) is 5.69 Å². The van der Waals surface area contributed by atoms with Gasteiger partial charge in [0, 0.05) is 16.6 Å². The number of benzene rings is 1. The van der Waals surface area contributed by atoms with E-state index in [2.05, 4.69) is 31.1 Å². The maximum absolute atomic E-state index is 12.8. The number of carbonyl (C=O) groups is 2. The number of halogens is 1. The minimum atomic E-state index is -0.604. The van der Waals surface area contributed by atoms with Crippen LogP contribution in [0.4, 0.5) is 0 Å². The van der Waals surface area contributed by atoms with Gasteiger partial charge in [-0.3, -0.25) is 14.6 Å². The van der Waals surface area contributed by atoms with Crippen LogP contribution in [0.1, 0.15) is 61.1 Å². The monoisotopic (exact) mass is 439 g/mol. The van der Waals surface area contributed by atoms with Crippen LogP contribution in [-0.2, 0) is 16.8 Å². The van der Waals surface area contributed by atoms with Crippen molar-refractivity contribution < 1.29 is 9.59 Å². The number of nitrogens with one attached hydrogen (secondary N) is 1. The molecule has 0 fully saturated rings. The molecule has 31 heavy (non-hydrogen) atoms. The number of amides is 2. The second kappa shape index (κ2) is 8.89. The van der Waals surface area contributed by atoms with Crippen molar-refractivity contribution in [3.63, 3.8) is 0 Å². The first-order valence-corrected chi connectivity index (χ1v) is 10.3. The number of rotatable bonds is 6.